The van der Waals surface area contributed by atoms with E-state index < -0.39 is 0 Å². The molecular formula is C24H25N3O4. The van der Waals surface area contributed by atoms with Crippen molar-refractivity contribution >= 4 is 16.7 Å². The molecule has 0 saturated heterocycles. The minimum atomic E-state index is -0.0858. The van der Waals surface area contributed by atoms with E-state index in [1.807, 2.05) is 54.9 Å². The van der Waals surface area contributed by atoms with Gasteiger partial charge in [-0.05, 0) is 48.0 Å². The van der Waals surface area contributed by atoms with Gasteiger partial charge in [0.05, 0.1) is 24.2 Å². The monoisotopic (exact) mass is 419 g/mol. The lowest BCUT2D eigenvalue weighted by atomic mass is 10.2. The second-order valence-electron chi connectivity index (χ2n) is 6.93. The van der Waals surface area contributed by atoms with Gasteiger partial charge in [0.25, 0.3) is 0 Å². The van der Waals surface area contributed by atoms with E-state index in [1.165, 1.54) is 0 Å². The van der Waals surface area contributed by atoms with Gasteiger partial charge in [-0.15, -0.1) is 0 Å². The van der Waals surface area contributed by atoms with Gasteiger partial charge in [-0.1, -0.05) is 24.3 Å². The number of aliphatic hydroxyl groups is 2. The highest BCUT2D eigenvalue weighted by molar-refractivity contribution is 5.81. The third-order valence-corrected chi connectivity index (χ3v) is 4.78. The molecule has 0 amide bonds. The quantitative estimate of drug-likeness (QED) is 0.365. The number of ether oxygens (including phenoxy) is 2. The van der Waals surface area contributed by atoms with Crippen LogP contribution in [0.25, 0.3) is 16.7 Å². The summed E-state index contributed by atoms with van der Waals surface area (Å²) in [6.07, 6.45) is 1.83. The number of nitrogens with zero attached hydrogens (tertiary/aromatic N) is 2. The van der Waals surface area contributed by atoms with Gasteiger partial charge in [-0.25, -0.2) is 4.98 Å². The Morgan fingerprint density at radius 1 is 0.839 bits per heavy atom. The van der Waals surface area contributed by atoms with Crippen molar-refractivity contribution in [1.29, 1.82) is 0 Å². The molecule has 0 spiro atoms. The van der Waals surface area contributed by atoms with E-state index in [0.29, 0.717) is 18.0 Å². The fourth-order valence-corrected chi connectivity index (χ4v) is 3.33. The molecule has 0 bridgehead atoms. The second kappa shape index (κ2) is 9.97. The van der Waals surface area contributed by atoms with Gasteiger partial charge in [0.15, 0.2) is 11.5 Å². The first-order valence-corrected chi connectivity index (χ1v) is 10.1. The molecule has 0 aliphatic rings. The maximum absolute atomic E-state index is 9.05. The van der Waals surface area contributed by atoms with Crippen LogP contribution in [0, 0.1) is 0 Å². The van der Waals surface area contributed by atoms with Crippen molar-refractivity contribution in [3.63, 3.8) is 0 Å². The van der Waals surface area contributed by atoms with E-state index in [4.69, 9.17) is 19.7 Å². The third-order valence-electron chi connectivity index (χ3n) is 4.78. The minimum Gasteiger partial charge on any atom is -0.487 e. The van der Waals surface area contributed by atoms with Crippen LogP contribution in [0.5, 0.6) is 11.5 Å². The Bertz CT molecular complexity index is 1130. The summed E-state index contributed by atoms with van der Waals surface area (Å²) in [5.74, 6) is 1.08. The lowest BCUT2D eigenvalue weighted by Crippen LogP contribution is -2.07. The molecule has 4 rings (SSSR count). The lowest BCUT2D eigenvalue weighted by molar-refractivity contribution is 0.178. The maximum Gasteiger partial charge on any atom is 0.161 e. The van der Waals surface area contributed by atoms with E-state index in [1.54, 1.807) is 0 Å². The molecule has 0 fully saturated rings. The Kier molecular flexibility index (Phi) is 6.66. The van der Waals surface area contributed by atoms with Crippen molar-refractivity contribution in [2.45, 2.75) is 6.54 Å². The number of benzene rings is 3. The molecule has 0 aliphatic carbocycles. The maximum atomic E-state index is 9.05. The van der Waals surface area contributed by atoms with Gasteiger partial charge < -0.3 is 25.0 Å². The Morgan fingerprint density at radius 3 is 2.39 bits per heavy atom. The molecule has 1 aromatic heterocycles. The summed E-state index contributed by atoms with van der Waals surface area (Å²) in [6, 6.07) is 21.9. The Hall–Kier alpha value is -3.55. The number of rotatable bonds is 10. The number of nitrogens with one attached hydrogen (secondary N) is 1. The summed E-state index contributed by atoms with van der Waals surface area (Å²) in [5, 5.41) is 21.4. The fraction of sp³-hybridized carbons (Fsp3) is 0.208. The Balaban J connectivity index is 1.48. The molecule has 4 aromatic rings. The first-order chi connectivity index (χ1) is 15.3. The Labute approximate surface area is 180 Å². The number of hydrogen-bond donors (Lipinski definition) is 3. The van der Waals surface area contributed by atoms with Crippen molar-refractivity contribution < 1.29 is 19.7 Å². The van der Waals surface area contributed by atoms with Crippen LogP contribution in [0.1, 0.15) is 5.56 Å². The van der Waals surface area contributed by atoms with Gasteiger partial charge in [0.2, 0.25) is 0 Å². The molecule has 1 heterocycles. The topological polar surface area (TPSA) is 88.8 Å². The summed E-state index contributed by atoms with van der Waals surface area (Å²) in [5.41, 5.74) is 4.99. The second-order valence-corrected chi connectivity index (χ2v) is 6.93. The highest BCUT2D eigenvalue weighted by Gasteiger charge is 2.09. The average molecular weight is 419 g/mol. The summed E-state index contributed by atoms with van der Waals surface area (Å²) < 4.78 is 13.1. The summed E-state index contributed by atoms with van der Waals surface area (Å²) in [6.45, 7) is 0.777. The standard InChI is InChI=1S/C24H25N3O4/c28-10-12-30-23-9-6-18(14-24(23)31-13-11-29)16-25-19-7-8-22-21(15-19)26-17-27(22)20-4-2-1-3-5-20/h1-9,14-15,17,25,28-29H,10-13,16H2. The largest absolute Gasteiger partial charge is 0.487 e. The number of para-hydroxylation sites is 1. The van der Waals surface area contributed by atoms with Crippen LogP contribution in [-0.2, 0) is 6.54 Å². The van der Waals surface area contributed by atoms with E-state index >= 15 is 0 Å². The smallest absolute Gasteiger partial charge is 0.161 e. The highest BCUT2D eigenvalue weighted by Crippen LogP contribution is 2.29. The molecule has 31 heavy (non-hydrogen) atoms. The van der Waals surface area contributed by atoms with Gasteiger partial charge in [-0.3, -0.25) is 4.57 Å². The lowest BCUT2D eigenvalue weighted by Gasteiger charge is -2.14. The van der Waals surface area contributed by atoms with E-state index in [0.717, 1.165) is 28.0 Å². The third kappa shape index (κ3) is 4.96. The molecule has 3 N–H and O–H groups in total. The minimum absolute atomic E-state index is 0.0781. The molecule has 7 heteroatoms. The van der Waals surface area contributed by atoms with Crippen molar-refractivity contribution in [2.24, 2.45) is 0 Å². The zero-order valence-corrected chi connectivity index (χ0v) is 17.1. The number of fused-ring (bicyclic) bond motifs is 1. The van der Waals surface area contributed by atoms with Crippen LogP contribution in [-0.4, -0.2) is 46.2 Å². The van der Waals surface area contributed by atoms with Crippen molar-refractivity contribution in [3.8, 4) is 17.2 Å². The van der Waals surface area contributed by atoms with Crippen molar-refractivity contribution in [3.05, 3.63) is 78.6 Å². The van der Waals surface area contributed by atoms with Crippen LogP contribution < -0.4 is 14.8 Å². The number of imidazole rings is 1. The van der Waals surface area contributed by atoms with Crippen LogP contribution in [0.15, 0.2) is 73.1 Å². The van der Waals surface area contributed by atoms with Crippen molar-refractivity contribution in [2.75, 3.05) is 31.7 Å². The van der Waals surface area contributed by atoms with Gasteiger partial charge >= 0.3 is 0 Å². The molecular weight excluding hydrogens is 394 g/mol. The van der Waals surface area contributed by atoms with Gasteiger partial charge in [0, 0.05) is 17.9 Å². The first-order valence-electron chi connectivity index (χ1n) is 10.1. The predicted molar refractivity (Wildman–Crippen MR) is 120 cm³/mol. The molecule has 0 radical (unpaired) electrons. The molecule has 0 atom stereocenters. The van der Waals surface area contributed by atoms with Gasteiger partial charge in [-0.2, -0.15) is 0 Å². The molecule has 0 saturated carbocycles. The molecule has 0 unspecified atom stereocenters. The molecule has 7 nitrogen and oxygen atoms in total. The van der Waals surface area contributed by atoms with Crippen molar-refractivity contribution in [1.82, 2.24) is 9.55 Å². The SMILES string of the molecule is OCCOc1ccc(CNc2ccc3c(c2)ncn3-c2ccccc2)cc1OCCO. The predicted octanol–water partition coefficient (Wildman–Crippen LogP) is 3.38. The first kappa shape index (κ1) is 20.7. The Morgan fingerprint density at radius 2 is 1.61 bits per heavy atom. The van der Waals surface area contributed by atoms with Crippen LogP contribution in [0.2, 0.25) is 0 Å². The van der Waals surface area contributed by atoms with E-state index in [9.17, 15) is 0 Å². The summed E-state index contributed by atoms with van der Waals surface area (Å²) in [7, 11) is 0. The zero-order valence-electron chi connectivity index (χ0n) is 17.1. The van der Waals surface area contributed by atoms with Gasteiger partial charge in [0.1, 0.15) is 19.5 Å². The molecule has 160 valence electrons. The number of aliphatic hydroxyl groups excluding tert-OH is 2. The number of anilines is 1. The summed E-state index contributed by atoms with van der Waals surface area (Å²) >= 11 is 0. The number of hydrogen-bond acceptors (Lipinski definition) is 6. The highest BCUT2D eigenvalue weighted by atomic mass is 16.5. The summed E-state index contributed by atoms with van der Waals surface area (Å²) in [4.78, 5) is 4.54. The molecule has 3 aromatic carbocycles. The van der Waals surface area contributed by atoms with Crippen LogP contribution >= 0.6 is 0 Å². The van der Waals surface area contributed by atoms with E-state index in [-0.39, 0.29) is 26.4 Å². The van der Waals surface area contributed by atoms with Crippen LogP contribution in [0.4, 0.5) is 5.69 Å². The molecule has 0 aliphatic heterocycles. The fourth-order valence-electron chi connectivity index (χ4n) is 3.33. The van der Waals surface area contributed by atoms with E-state index in [2.05, 4.69) is 33.1 Å². The number of aromatic nitrogens is 2. The van der Waals surface area contributed by atoms with Crippen LogP contribution in [0.3, 0.4) is 0 Å². The normalized spacial score (nSPS) is 10.9. The average Bonchev–Trinajstić information content (AvgIpc) is 3.24. The zero-order chi connectivity index (χ0) is 21.5.